The Morgan fingerprint density at radius 2 is 2.07 bits per heavy atom. The second kappa shape index (κ2) is 8.36. The number of halogens is 1. The first-order chi connectivity index (χ1) is 13.2. The quantitative estimate of drug-likeness (QED) is 0.562. The van der Waals surface area contributed by atoms with Gasteiger partial charge in [-0.05, 0) is 74.8 Å². The lowest BCUT2D eigenvalue weighted by atomic mass is 9.88. The number of rotatable bonds is 4. The Morgan fingerprint density at radius 1 is 1.19 bits per heavy atom. The van der Waals surface area contributed by atoms with Crippen LogP contribution < -0.4 is 4.90 Å². The third-order valence-electron chi connectivity index (χ3n) is 6.30. The second-order valence-electron chi connectivity index (χ2n) is 8.08. The van der Waals surface area contributed by atoms with E-state index in [-0.39, 0.29) is 0 Å². The zero-order valence-corrected chi connectivity index (χ0v) is 18.3. The highest BCUT2D eigenvalue weighted by Gasteiger charge is 2.35. The zero-order chi connectivity index (χ0) is 18.8. The van der Waals surface area contributed by atoms with Gasteiger partial charge in [0.1, 0.15) is 0 Å². The minimum atomic E-state index is 0.567. The molecule has 1 aromatic rings. The van der Waals surface area contributed by atoms with Crippen LogP contribution in [0.2, 0.25) is 0 Å². The molecule has 144 valence electrons. The van der Waals surface area contributed by atoms with E-state index < -0.39 is 0 Å². The summed E-state index contributed by atoms with van der Waals surface area (Å²) < 4.78 is 1.18. The maximum atomic E-state index is 3.66. The van der Waals surface area contributed by atoms with E-state index in [4.69, 9.17) is 0 Å². The highest BCUT2D eigenvalue weighted by Crippen LogP contribution is 2.39. The van der Waals surface area contributed by atoms with Crippen molar-refractivity contribution >= 4 is 21.6 Å². The second-order valence-corrected chi connectivity index (χ2v) is 9.00. The van der Waals surface area contributed by atoms with Crippen LogP contribution in [0.3, 0.4) is 0 Å². The lowest BCUT2D eigenvalue weighted by molar-refractivity contribution is 0.199. The van der Waals surface area contributed by atoms with Crippen LogP contribution >= 0.6 is 15.9 Å². The minimum Gasteiger partial charge on any atom is -0.342 e. The Bertz CT molecular complexity index is 790. The maximum absolute atomic E-state index is 3.66. The van der Waals surface area contributed by atoms with Gasteiger partial charge in [-0.1, -0.05) is 46.7 Å². The van der Waals surface area contributed by atoms with Crippen molar-refractivity contribution in [1.29, 1.82) is 0 Å². The fraction of sp³-hybridized carbons (Fsp3) is 0.500. The molecule has 0 bridgehead atoms. The van der Waals surface area contributed by atoms with Gasteiger partial charge < -0.3 is 4.90 Å². The van der Waals surface area contributed by atoms with Crippen molar-refractivity contribution in [3.8, 4) is 0 Å². The van der Waals surface area contributed by atoms with Crippen LogP contribution in [0.1, 0.15) is 51.5 Å². The molecule has 1 saturated heterocycles. The summed E-state index contributed by atoms with van der Waals surface area (Å²) in [7, 11) is 0. The minimum absolute atomic E-state index is 0.567. The van der Waals surface area contributed by atoms with Crippen molar-refractivity contribution in [1.82, 2.24) is 4.90 Å². The van der Waals surface area contributed by atoms with Gasteiger partial charge in [-0.15, -0.1) is 0 Å². The van der Waals surface area contributed by atoms with E-state index >= 15 is 0 Å². The van der Waals surface area contributed by atoms with E-state index in [1.54, 1.807) is 11.3 Å². The summed E-state index contributed by atoms with van der Waals surface area (Å²) in [5, 5.41) is 0. The Balaban J connectivity index is 1.65. The Kier molecular flexibility index (Phi) is 5.89. The van der Waals surface area contributed by atoms with Crippen LogP contribution in [0.15, 0.2) is 57.7 Å². The summed E-state index contributed by atoms with van der Waals surface area (Å²) in [5.74, 6) is 0. The number of nitrogens with zero attached hydrogens (tertiary/aromatic N) is 2. The van der Waals surface area contributed by atoms with E-state index in [9.17, 15) is 0 Å². The molecule has 27 heavy (non-hydrogen) atoms. The number of benzene rings is 1. The lowest BCUT2D eigenvalue weighted by Crippen LogP contribution is -2.53. The summed E-state index contributed by atoms with van der Waals surface area (Å²) in [6.07, 6.45) is 14.5. The highest BCUT2D eigenvalue weighted by molar-refractivity contribution is 9.10. The first-order valence-corrected chi connectivity index (χ1v) is 11.3. The lowest BCUT2D eigenvalue weighted by Gasteiger charge is -2.48. The summed E-state index contributed by atoms with van der Waals surface area (Å²) in [5.41, 5.74) is 7.55. The molecular weight excluding hydrogens is 396 g/mol. The third kappa shape index (κ3) is 3.95. The molecule has 1 heterocycles. The molecule has 0 saturated carbocycles. The van der Waals surface area contributed by atoms with Gasteiger partial charge in [-0.2, -0.15) is 0 Å². The maximum Gasteiger partial charge on any atom is 0.0504 e. The largest absolute Gasteiger partial charge is 0.342 e. The SMILES string of the molecule is CCc1cc(Br)ccc1N1CCN(CC2=CCCC=C2)C2CCCC(C)=C21. The van der Waals surface area contributed by atoms with Gasteiger partial charge in [0.15, 0.2) is 0 Å². The monoisotopic (exact) mass is 426 g/mol. The highest BCUT2D eigenvalue weighted by atomic mass is 79.9. The van der Waals surface area contributed by atoms with E-state index in [1.807, 2.05) is 0 Å². The molecule has 2 aliphatic carbocycles. The zero-order valence-electron chi connectivity index (χ0n) is 16.7. The van der Waals surface area contributed by atoms with Crippen molar-refractivity contribution in [2.24, 2.45) is 0 Å². The molecule has 1 atom stereocenters. The van der Waals surface area contributed by atoms with Crippen LogP contribution in [0.4, 0.5) is 5.69 Å². The predicted octanol–water partition coefficient (Wildman–Crippen LogP) is 6.24. The van der Waals surface area contributed by atoms with Crippen molar-refractivity contribution < 1.29 is 0 Å². The first-order valence-electron chi connectivity index (χ1n) is 10.5. The van der Waals surface area contributed by atoms with Crippen molar-refractivity contribution in [3.63, 3.8) is 0 Å². The molecule has 2 nitrogen and oxygen atoms in total. The average Bonchev–Trinajstić information content (AvgIpc) is 2.69. The van der Waals surface area contributed by atoms with Crippen LogP contribution in [0, 0.1) is 0 Å². The Hall–Kier alpha value is -1.32. The number of piperazine rings is 1. The van der Waals surface area contributed by atoms with Crippen molar-refractivity contribution in [2.45, 2.75) is 58.4 Å². The molecule has 0 amide bonds. The summed E-state index contributed by atoms with van der Waals surface area (Å²) in [6.45, 7) is 7.97. The molecular formula is C24H31BrN2. The summed E-state index contributed by atoms with van der Waals surface area (Å²) >= 11 is 3.66. The molecule has 1 aliphatic heterocycles. The Morgan fingerprint density at radius 3 is 2.85 bits per heavy atom. The first kappa shape index (κ1) is 19.0. The molecule has 1 fully saturated rings. The molecule has 0 aromatic heterocycles. The molecule has 1 aromatic carbocycles. The average molecular weight is 427 g/mol. The van der Waals surface area contributed by atoms with Crippen molar-refractivity contribution in [2.75, 3.05) is 24.5 Å². The molecule has 4 rings (SSSR count). The Labute approximate surface area is 172 Å². The van der Waals surface area contributed by atoms with Gasteiger partial charge in [0.05, 0.1) is 6.04 Å². The fourth-order valence-corrected chi connectivity index (χ4v) is 5.35. The molecule has 1 unspecified atom stereocenters. The van der Waals surface area contributed by atoms with Crippen LogP contribution in [-0.4, -0.2) is 30.6 Å². The van der Waals surface area contributed by atoms with E-state index in [0.717, 1.165) is 26.1 Å². The molecule has 0 radical (unpaired) electrons. The van der Waals surface area contributed by atoms with Crippen LogP contribution in [-0.2, 0) is 6.42 Å². The molecule has 0 N–H and O–H groups in total. The number of fused-ring (bicyclic) bond motifs is 1. The van der Waals surface area contributed by atoms with Crippen LogP contribution in [0.25, 0.3) is 0 Å². The summed E-state index contributed by atoms with van der Waals surface area (Å²) in [6, 6.07) is 7.38. The van der Waals surface area contributed by atoms with Crippen molar-refractivity contribution in [3.05, 3.63) is 63.3 Å². The molecule has 3 aliphatic rings. The molecule has 3 heteroatoms. The number of hydrogen-bond donors (Lipinski definition) is 0. The van der Waals surface area contributed by atoms with Gasteiger partial charge in [-0.25, -0.2) is 0 Å². The van der Waals surface area contributed by atoms with E-state index in [0.29, 0.717) is 6.04 Å². The number of anilines is 1. The molecule has 0 spiro atoms. The summed E-state index contributed by atoms with van der Waals surface area (Å²) in [4.78, 5) is 5.38. The number of hydrogen-bond acceptors (Lipinski definition) is 2. The van der Waals surface area contributed by atoms with Gasteiger partial charge in [0.25, 0.3) is 0 Å². The topological polar surface area (TPSA) is 6.48 Å². The number of allylic oxidation sites excluding steroid dienone is 3. The smallest absolute Gasteiger partial charge is 0.0504 e. The van der Waals surface area contributed by atoms with Crippen LogP contribution in [0.5, 0.6) is 0 Å². The normalized spacial score (nSPS) is 23.4. The van der Waals surface area contributed by atoms with E-state index in [1.165, 1.54) is 53.4 Å². The van der Waals surface area contributed by atoms with Gasteiger partial charge in [0, 0.05) is 35.5 Å². The van der Waals surface area contributed by atoms with E-state index in [2.05, 4.69) is 76.0 Å². The predicted molar refractivity (Wildman–Crippen MR) is 119 cm³/mol. The number of aryl methyl sites for hydroxylation is 1. The standard InChI is InChI=1S/C24H31BrN2/c1-3-20-16-21(25)12-13-22(20)27-15-14-26(17-19-9-5-4-6-10-19)23-11-7-8-18(2)24(23)27/h5,9-10,12-13,16,23H,3-4,6-8,11,14-15,17H2,1-2H3. The van der Waals surface area contributed by atoms with Gasteiger partial charge in [-0.3, -0.25) is 4.90 Å². The third-order valence-corrected chi connectivity index (χ3v) is 6.79. The van der Waals surface area contributed by atoms with Gasteiger partial charge in [0.2, 0.25) is 0 Å². The fourth-order valence-electron chi connectivity index (χ4n) is 4.94. The van der Waals surface area contributed by atoms with Gasteiger partial charge >= 0.3 is 0 Å².